The van der Waals surface area contributed by atoms with Gasteiger partial charge in [-0.15, -0.1) is 0 Å². The van der Waals surface area contributed by atoms with Crippen molar-refractivity contribution < 1.29 is 8.78 Å². The third-order valence-electron chi connectivity index (χ3n) is 4.27. The number of hydrogen-bond donors (Lipinski definition) is 3. The number of halogens is 2. The van der Waals surface area contributed by atoms with Gasteiger partial charge in [-0.1, -0.05) is 12.6 Å². The Morgan fingerprint density at radius 2 is 1.83 bits per heavy atom. The Labute approximate surface area is 171 Å². The number of rotatable bonds is 7. The maximum absolute atomic E-state index is 14.2. The molecule has 0 unspecified atom stereocenters. The number of hydrogen-bond acceptors (Lipinski definition) is 5. The molecule has 0 fully saturated rings. The van der Waals surface area contributed by atoms with Gasteiger partial charge in [0.05, 0.1) is 0 Å². The lowest BCUT2D eigenvalue weighted by Gasteiger charge is -2.17. The lowest BCUT2D eigenvalue weighted by atomic mass is 10.0. The summed E-state index contributed by atoms with van der Waals surface area (Å²) >= 11 is 1.30. The van der Waals surface area contributed by atoms with Gasteiger partial charge in [-0.25, -0.2) is 8.78 Å². The highest BCUT2D eigenvalue weighted by Crippen LogP contribution is 2.35. The molecule has 3 N–H and O–H groups in total. The van der Waals surface area contributed by atoms with E-state index in [0.29, 0.717) is 22.5 Å². The van der Waals surface area contributed by atoms with Crippen molar-refractivity contribution in [2.45, 2.75) is 0 Å². The predicted molar refractivity (Wildman–Crippen MR) is 118 cm³/mol. The van der Waals surface area contributed by atoms with Crippen LogP contribution in [0.25, 0.3) is 11.1 Å². The third kappa shape index (κ3) is 4.43. The van der Waals surface area contributed by atoms with E-state index < -0.39 is 11.6 Å². The highest BCUT2D eigenvalue weighted by molar-refractivity contribution is 8.03. The smallest absolute Gasteiger partial charge is 0.273 e. The molecule has 1 aromatic heterocycles. The monoisotopic (exact) mass is 414 g/mol. The summed E-state index contributed by atoms with van der Waals surface area (Å²) in [4.78, 5) is 12.2. The molecular formula is C21H20F2N4OS. The first kappa shape index (κ1) is 20.5. The fourth-order valence-corrected chi connectivity index (χ4v) is 3.20. The van der Waals surface area contributed by atoms with Crippen LogP contribution in [-0.4, -0.2) is 11.6 Å². The highest BCUT2D eigenvalue weighted by atomic mass is 32.2. The summed E-state index contributed by atoms with van der Waals surface area (Å²) < 4.78 is 32.9. The van der Waals surface area contributed by atoms with E-state index in [4.69, 9.17) is 0 Å². The van der Waals surface area contributed by atoms with Gasteiger partial charge in [0.1, 0.15) is 23.0 Å². The number of nitrogens with one attached hydrogen (secondary N) is 3. The van der Waals surface area contributed by atoms with Crippen LogP contribution in [0, 0.1) is 11.6 Å². The summed E-state index contributed by atoms with van der Waals surface area (Å²) in [5.41, 5.74) is 2.60. The van der Waals surface area contributed by atoms with Crippen LogP contribution in [0.4, 0.5) is 31.5 Å². The molecule has 29 heavy (non-hydrogen) atoms. The van der Waals surface area contributed by atoms with Crippen LogP contribution in [0.5, 0.6) is 0 Å². The summed E-state index contributed by atoms with van der Waals surface area (Å²) in [6.45, 7) is 3.65. The molecule has 150 valence electrons. The number of para-hydroxylation sites is 1. The summed E-state index contributed by atoms with van der Waals surface area (Å²) in [7, 11) is 3.30. The zero-order valence-electron chi connectivity index (χ0n) is 15.9. The quantitative estimate of drug-likeness (QED) is 0.457. The van der Waals surface area contributed by atoms with Crippen molar-refractivity contribution in [3.8, 4) is 11.1 Å². The number of anilines is 4. The Kier molecular flexibility index (Phi) is 6.23. The molecule has 0 spiro atoms. The van der Waals surface area contributed by atoms with E-state index in [0.717, 1.165) is 5.69 Å². The maximum Gasteiger partial charge on any atom is 0.273 e. The molecule has 0 aliphatic carbocycles. The molecule has 0 radical (unpaired) electrons. The highest BCUT2D eigenvalue weighted by Gasteiger charge is 2.14. The second-order valence-electron chi connectivity index (χ2n) is 6.18. The molecule has 2 aromatic carbocycles. The maximum atomic E-state index is 14.2. The van der Waals surface area contributed by atoms with Gasteiger partial charge in [-0.2, -0.15) is 0 Å². The van der Waals surface area contributed by atoms with Gasteiger partial charge in [0.2, 0.25) is 0 Å². The molecule has 0 bridgehead atoms. The van der Waals surface area contributed by atoms with E-state index in [1.165, 1.54) is 34.7 Å². The second kappa shape index (κ2) is 8.83. The molecule has 0 saturated heterocycles. The Balaban J connectivity index is 2.16. The number of benzene rings is 2. The number of pyridine rings is 1. The van der Waals surface area contributed by atoms with Crippen LogP contribution in [0.2, 0.25) is 0 Å². The van der Waals surface area contributed by atoms with Crippen molar-refractivity contribution in [1.82, 2.24) is 4.57 Å². The third-order valence-corrected chi connectivity index (χ3v) is 4.79. The van der Waals surface area contributed by atoms with Crippen molar-refractivity contribution in [1.29, 1.82) is 0 Å². The fraction of sp³-hybridized carbons (Fsp3) is 0.0952. The van der Waals surface area contributed by atoms with Gasteiger partial charge in [0, 0.05) is 42.8 Å². The standard InChI is InChI=1S/C21H20F2N4OS/c1-4-29-26-14-8-9-18(25-20-16(22)6-5-7-17(20)23)15(11-14)13-10-19(24-2)21(28)27(3)12-13/h4-12,24-26H,1H2,2-3H3. The second-order valence-corrected chi connectivity index (χ2v) is 6.95. The van der Waals surface area contributed by atoms with E-state index in [2.05, 4.69) is 21.9 Å². The van der Waals surface area contributed by atoms with Crippen molar-refractivity contribution in [3.63, 3.8) is 0 Å². The summed E-state index contributed by atoms with van der Waals surface area (Å²) in [5.74, 6) is -1.39. The first-order chi connectivity index (χ1) is 13.9. The van der Waals surface area contributed by atoms with Gasteiger partial charge in [-0.05, 0) is 53.8 Å². The summed E-state index contributed by atoms with van der Waals surface area (Å²) in [6.07, 6.45) is 1.67. The minimum atomic E-state index is -0.697. The van der Waals surface area contributed by atoms with Crippen LogP contribution >= 0.6 is 11.9 Å². The van der Waals surface area contributed by atoms with Crippen molar-refractivity contribution in [3.05, 3.63) is 82.6 Å². The molecule has 1 heterocycles. The SMILES string of the molecule is C=CSNc1ccc(Nc2c(F)cccc2F)c(-c2cc(NC)c(=O)n(C)c2)c1. The van der Waals surface area contributed by atoms with Gasteiger partial charge >= 0.3 is 0 Å². The molecule has 0 atom stereocenters. The van der Waals surface area contributed by atoms with E-state index in [1.807, 2.05) is 6.07 Å². The van der Waals surface area contributed by atoms with Crippen molar-refractivity contribution in [2.24, 2.45) is 7.05 Å². The molecule has 0 aliphatic rings. The number of aryl methyl sites for hydroxylation is 1. The van der Waals surface area contributed by atoms with Crippen LogP contribution in [0.1, 0.15) is 0 Å². The van der Waals surface area contributed by atoms with Crippen molar-refractivity contribution >= 4 is 34.7 Å². The largest absolute Gasteiger partial charge is 0.384 e. The molecule has 3 rings (SSSR count). The van der Waals surface area contributed by atoms with Crippen molar-refractivity contribution in [2.75, 3.05) is 22.4 Å². The fourth-order valence-electron chi connectivity index (χ4n) is 2.86. The lowest BCUT2D eigenvalue weighted by molar-refractivity contribution is 0.591. The first-order valence-electron chi connectivity index (χ1n) is 8.71. The molecule has 5 nitrogen and oxygen atoms in total. The molecule has 0 aliphatic heterocycles. The molecule has 0 amide bonds. The van der Waals surface area contributed by atoms with E-state index in [-0.39, 0.29) is 11.2 Å². The Morgan fingerprint density at radius 3 is 2.48 bits per heavy atom. The van der Waals surface area contributed by atoms with Gasteiger partial charge in [0.15, 0.2) is 0 Å². The first-order valence-corrected chi connectivity index (χ1v) is 9.59. The normalized spacial score (nSPS) is 10.5. The predicted octanol–water partition coefficient (Wildman–Crippen LogP) is 5.32. The van der Waals surface area contributed by atoms with Crippen LogP contribution < -0.4 is 20.9 Å². The van der Waals surface area contributed by atoms with E-state index >= 15 is 0 Å². The number of nitrogens with zero attached hydrogens (tertiary/aromatic N) is 1. The average molecular weight is 414 g/mol. The van der Waals surface area contributed by atoms with Gasteiger partial charge < -0.3 is 19.9 Å². The molecule has 3 aromatic rings. The summed E-state index contributed by atoms with van der Waals surface area (Å²) in [6, 6.07) is 10.7. The van der Waals surface area contributed by atoms with Crippen LogP contribution in [0.15, 0.2) is 65.4 Å². The minimum absolute atomic E-state index is 0.178. The Morgan fingerprint density at radius 1 is 1.10 bits per heavy atom. The van der Waals surface area contributed by atoms with Crippen LogP contribution in [-0.2, 0) is 7.05 Å². The minimum Gasteiger partial charge on any atom is -0.384 e. The lowest BCUT2D eigenvalue weighted by Crippen LogP contribution is -2.19. The van der Waals surface area contributed by atoms with E-state index in [1.54, 1.807) is 43.9 Å². The Bertz CT molecular complexity index is 1090. The zero-order valence-corrected chi connectivity index (χ0v) is 16.7. The van der Waals surface area contributed by atoms with Crippen LogP contribution in [0.3, 0.4) is 0 Å². The van der Waals surface area contributed by atoms with Gasteiger partial charge in [0.25, 0.3) is 5.56 Å². The van der Waals surface area contributed by atoms with E-state index in [9.17, 15) is 13.6 Å². The summed E-state index contributed by atoms with van der Waals surface area (Å²) in [5, 5.41) is 7.37. The molecular weight excluding hydrogens is 394 g/mol. The number of aromatic nitrogens is 1. The molecule has 8 heteroatoms. The topological polar surface area (TPSA) is 58.1 Å². The zero-order chi connectivity index (χ0) is 21.0. The Hall–Kier alpha value is -3.26. The average Bonchev–Trinajstić information content (AvgIpc) is 2.71. The van der Waals surface area contributed by atoms with Gasteiger partial charge in [-0.3, -0.25) is 4.79 Å². The molecule has 0 saturated carbocycles.